The van der Waals surface area contributed by atoms with Gasteiger partial charge in [0.1, 0.15) is 0 Å². The lowest BCUT2D eigenvalue weighted by Gasteiger charge is -2.09. The quantitative estimate of drug-likeness (QED) is 0.740. The number of thiophene rings is 1. The molecule has 0 spiro atoms. The van der Waals surface area contributed by atoms with Crippen LogP contribution in [-0.2, 0) is 16.0 Å². The van der Waals surface area contributed by atoms with Gasteiger partial charge in [-0.3, -0.25) is 4.79 Å². The van der Waals surface area contributed by atoms with E-state index in [1.54, 1.807) is 23.5 Å². The van der Waals surface area contributed by atoms with Crippen molar-refractivity contribution in [2.75, 3.05) is 27.4 Å². The van der Waals surface area contributed by atoms with E-state index in [1.165, 1.54) is 25.2 Å². The lowest BCUT2D eigenvalue weighted by molar-refractivity contribution is -0.124. The summed E-state index contributed by atoms with van der Waals surface area (Å²) in [6, 6.07) is 8.64. The number of hydrogen-bond donors (Lipinski definition) is 1. The third-order valence-corrected chi connectivity index (χ3v) is 4.16. The number of carbonyl (C=O) groups excluding carboxylic acids is 2. The molecule has 0 saturated heterocycles. The van der Waals surface area contributed by atoms with Crippen LogP contribution in [-0.4, -0.2) is 39.2 Å². The summed E-state index contributed by atoms with van der Waals surface area (Å²) in [5, 5.41) is 4.70. The van der Waals surface area contributed by atoms with Gasteiger partial charge in [-0.05, 0) is 36.1 Å². The van der Waals surface area contributed by atoms with Crippen LogP contribution >= 0.6 is 11.3 Å². The van der Waals surface area contributed by atoms with E-state index in [-0.39, 0.29) is 12.5 Å². The average molecular weight is 349 g/mol. The molecule has 0 aliphatic rings. The third kappa shape index (κ3) is 4.99. The number of rotatable bonds is 8. The zero-order chi connectivity index (χ0) is 17.4. The molecule has 0 aliphatic carbocycles. The minimum Gasteiger partial charge on any atom is -0.493 e. The number of nitrogens with one attached hydrogen (secondary N) is 1. The van der Waals surface area contributed by atoms with E-state index < -0.39 is 5.97 Å². The van der Waals surface area contributed by atoms with Crippen LogP contribution in [0.4, 0.5) is 0 Å². The Balaban J connectivity index is 1.78. The topological polar surface area (TPSA) is 73.9 Å². The zero-order valence-electron chi connectivity index (χ0n) is 13.5. The maximum atomic E-state index is 12.0. The predicted octanol–water partition coefficient (Wildman–Crippen LogP) is 2.28. The SMILES string of the molecule is COc1ccc(C(=O)OCC(=O)NCCc2cccs2)cc1OC. The third-order valence-electron chi connectivity index (χ3n) is 3.23. The Morgan fingerprint density at radius 3 is 2.58 bits per heavy atom. The van der Waals surface area contributed by atoms with Crippen LogP contribution in [0.3, 0.4) is 0 Å². The van der Waals surface area contributed by atoms with Gasteiger partial charge in [0.2, 0.25) is 0 Å². The van der Waals surface area contributed by atoms with Crippen molar-refractivity contribution < 1.29 is 23.8 Å². The van der Waals surface area contributed by atoms with Crippen LogP contribution < -0.4 is 14.8 Å². The Bertz CT molecular complexity index is 684. The number of methoxy groups -OCH3 is 2. The van der Waals surface area contributed by atoms with E-state index in [2.05, 4.69) is 5.32 Å². The molecule has 1 aromatic heterocycles. The number of amides is 1. The van der Waals surface area contributed by atoms with Crippen LogP contribution in [0.2, 0.25) is 0 Å². The average Bonchev–Trinajstić information content (AvgIpc) is 3.12. The summed E-state index contributed by atoms with van der Waals surface area (Å²) in [7, 11) is 2.99. The molecular formula is C17H19NO5S. The Morgan fingerprint density at radius 2 is 1.92 bits per heavy atom. The van der Waals surface area contributed by atoms with E-state index >= 15 is 0 Å². The van der Waals surface area contributed by atoms with E-state index in [4.69, 9.17) is 14.2 Å². The highest BCUT2D eigenvalue weighted by Crippen LogP contribution is 2.27. The van der Waals surface area contributed by atoms with E-state index in [0.29, 0.717) is 23.6 Å². The second-order valence-corrected chi connectivity index (χ2v) is 5.86. The van der Waals surface area contributed by atoms with Crippen LogP contribution in [0.5, 0.6) is 11.5 Å². The molecule has 2 aromatic rings. The molecule has 0 fully saturated rings. The van der Waals surface area contributed by atoms with Gasteiger partial charge in [0.15, 0.2) is 18.1 Å². The summed E-state index contributed by atoms with van der Waals surface area (Å²) in [6.07, 6.45) is 0.757. The predicted molar refractivity (Wildman–Crippen MR) is 90.9 cm³/mol. The van der Waals surface area contributed by atoms with Gasteiger partial charge in [0, 0.05) is 11.4 Å². The Morgan fingerprint density at radius 1 is 1.12 bits per heavy atom. The van der Waals surface area contributed by atoms with Crippen molar-refractivity contribution in [2.24, 2.45) is 0 Å². The van der Waals surface area contributed by atoms with Gasteiger partial charge < -0.3 is 19.5 Å². The largest absolute Gasteiger partial charge is 0.493 e. The van der Waals surface area contributed by atoms with E-state index in [0.717, 1.165) is 6.42 Å². The number of carbonyl (C=O) groups is 2. The van der Waals surface area contributed by atoms with Gasteiger partial charge in [-0.2, -0.15) is 0 Å². The first kappa shape index (κ1) is 17.8. The van der Waals surface area contributed by atoms with Crippen LogP contribution in [0.25, 0.3) is 0 Å². The molecule has 0 unspecified atom stereocenters. The number of esters is 1. The smallest absolute Gasteiger partial charge is 0.338 e. The van der Waals surface area contributed by atoms with Gasteiger partial charge in [-0.15, -0.1) is 11.3 Å². The molecule has 2 rings (SSSR count). The molecular weight excluding hydrogens is 330 g/mol. The maximum Gasteiger partial charge on any atom is 0.338 e. The molecule has 0 saturated carbocycles. The molecule has 7 heteroatoms. The summed E-state index contributed by atoms with van der Waals surface area (Å²) in [5.41, 5.74) is 0.291. The number of benzene rings is 1. The number of ether oxygens (including phenoxy) is 3. The minimum atomic E-state index is -0.593. The first-order valence-electron chi connectivity index (χ1n) is 7.32. The monoisotopic (exact) mass is 349 g/mol. The molecule has 1 N–H and O–H groups in total. The Hall–Kier alpha value is -2.54. The fourth-order valence-electron chi connectivity index (χ4n) is 2.01. The number of hydrogen-bond acceptors (Lipinski definition) is 6. The maximum absolute atomic E-state index is 12.0. The van der Waals surface area contributed by atoms with Crippen LogP contribution in [0, 0.1) is 0 Å². The molecule has 1 amide bonds. The van der Waals surface area contributed by atoms with Gasteiger partial charge in [-0.25, -0.2) is 4.79 Å². The van der Waals surface area contributed by atoms with Crippen molar-refractivity contribution >= 4 is 23.2 Å². The van der Waals surface area contributed by atoms with E-state index in [9.17, 15) is 9.59 Å². The van der Waals surface area contributed by atoms with Gasteiger partial charge in [0.25, 0.3) is 5.91 Å². The first-order chi connectivity index (χ1) is 11.6. The molecule has 0 atom stereocenters. The first-order valence-corrected chi connectivity index (χ1v) is 8.20. The van der Waals surface area contributed by atoms with Gasteiger partial charge in [-0.1, -0.05) is 6.07 Å². The summed E-state index contributed by atoms with van der Waals surface area (Å²) >= 11 is 1.64. The van der Waals surface area contributed by atoms with E-state index in [1.807, 2.05) is 17.5 Å². The fourth-order valence-corrected chi connectivity index (χ4v) is 2.72. The molecule has 0 aliphatic heterocycles. The second-order valence-electron chi connectivity index (χ2n) is 4.83. The Labute approximate surface area is 144 Å². The van der Waals surface area contributed by atoms with Crippen molar-refractivity contribution in [1.29, 1.82) is 0 Å². The second kappa shape index (κ2) is 8.93. The van der Waals surface area contributed by atoms with Gasteiger partial charge >= 0.3 is 5.97 Å². The van der Waals surface area contributed by atoms with Crippen molar-refractivity contribution in [2.45, 2.75) is 6.42 Å². The van der Waals surface area contributed by atoms with Crippen molar-refractivity contribution in [3.63, 3.8) is 0 Å². The lowest BCUT2D eigenvalue weighted by Crippen LogP contribution is -2.30. The molecule has 0 bridgehead atoms. The molecule has 128 valence electrons. The lowest BCUT2D eigenvalue weighted by atomic mass is 10.2. The summed E-state index contributed by atoms with van der Waals surface area (Å²) in [4.78, 5) is 24.9. The summed E-state index contributed by atoms with van der Waals surface area (Å²) < 4.78 is 15.2. The highest BCUT2D eigenvalue weighted by molar-refractivity contribution is 7.09. The summed E-state index contributed by atoms with van der Waals surface area (Å²) in [5.74, 6) is 0.0115. The molecule has 6 nitrogen and oxygen atoms in total. The van der Waals surface area contributed by atoms with Crippen LogP contribution in [0.15, 0.2) is 35.7 Å². The minimum absolute atomic E-state index is 0.291. The highest BCUT2D eigenvalue weighted by atomic mass is 32.1. The van der Waals surface area contributed by atoms with Crippen molar-refractivity contribution in [3.8, 4) is 11.5 Å². The fraction of sp³-hybridized carbons (Fsp3) is 0.294. The molecule has 24 heavy (non-hydrogen) atoms. The highest BCUT2D eigenvalue weighted by Gasteiger charge is 2.13. The standard InChI is InChI=1S/C17H19NO5S/c1-21-14-6-5-12(10-15(14)22-2)17(20)23-11-16(19)18-8-7-13-4-3-9-24-13/h3-6,9-10H,7-8,11H2,1-2H3,(H,18,19). The summed E-state index contributed by atoms with van der Waals surface area (Å²) in [6.45, 7) is 0.185. The Kier molecular flexibility index (Phi) is 6.62. The van der Waals surface area contributed by atoms with Crippen molar-refractivity contribution in [1.82, 2.24) is 5.32 Å². The van der Waals surface area contributed by atoms with Crippen LogP contribution in [0.1, 0.15) is 15.2 Å². The molecule has 1 heterocycles. The van der Waals surface area contributed by atoms with Gasteiger partial charge in [0.05, 0.1) is 19.8 Å². The van der Waals surface area contributed by atoms with Crippen molar-refractivity contribution in [3.05, 3.63) is 46.2 Å². The zero-order valence-corrected chi connectivity index (χ0v) is 14.4. The molecule has 0 radical (unpaired) electrons. The normalized spacial score (nSPS) is 10.1. The molecule has 1 aromatic carbocycles.